The molecule has 2 aromatic carbocycles. The largest absolute Gasteiger partial charge is 0.454 e. The Hall–Kier alpha value is -3.81. The predicted octanol–water partition coefficient (Wildman–Crippen LogP) is 3.29. The van der Waals surface area contributed by atoms with Gasteiger partial charge in [0.1, 0.15) is 0 Å². The van der Waals surface area contributed by atoms with Gasteiger partial charge in [-0.1, -0.05) is 29.8 Å². The number of ether oxygens (including phenoxy) is 2. The van der Waals surface area contributed by atoms with Gasteiger partial charge in [0.2, 0.25) is 6.79 Å². The number of amides is 3. The molecule has 0 aromatic heterocycles. The topological polar surface area (TPSA) is 106 Å². The maximum atomic E-state index is 12.7. The van der Waals surface area contributed by atoms with Gasteiger partial charge in [-0.05, 0) is 61.9 Å². The summed E-state index contributed by atoms with van der Waals surface area (Å²) in [7, 11) is 0. The maximum absolute atomic E-state index is 12.7. The number of carbonyl (C=O) groups is 3. The van der Waals surface area contributed by atoms with Crippen LogP contribution in [-0.4, -0.2) is 31.1 Å². The highest BCUT2D eigenvalue weighted by Gasteiger charge is 2.18. The van der Waals surface area contributed by atoms with Crippen molar-refractivity contribution in [3.63, 3.8) is 0 Å². The third-order valence-corrected chi connectivity index (χ3v) is 5.63. The zero-order valence-electron chi connectivity index (χ0n) is 18.3. The molecule has 0 fully saturated rings. The van der Waals surface area contributed by atoms with E-state index in [9.17, 15) is 14.4 Å². The van der Waals surface area contributed by atoms with Crippen LogP contribution in [0.5, 0.6) is 11.5 Å². The van der Waals surface area contributed by atoms with E-state index in [1.807, 2.05) is 12.1 Å². The van der Waals surface area contributed by atoms with Gasteiger partial charge < -0.3 is 25.4 Å². The molecule has 1 aliphatic heterocycles. The standard InChI is InChI=1S/C25H27N3O5/c29-23(27-15-18-10-11-21-22(14-18)33-16-32-21)19-8-4-5-9-20(19)28-25(31)24(30)26-13-12-17-6-2-1-3-7-17/h4-6,8-11,14H,1-3,7,12-13,15-16H2,(H,26,30)(H,27,29)(H,28,31). The van der Waals surface area contributed by atoms with Gasteiger partial charge >= 0.3 is 11.8 Å². The zero-order chi connectivity index (χ0) is 23.0. The minimum Gasteiger partial charge on any atom is -0.454 e. The molecule has 2 aliphatic rings. The Bertz CT molecular complexity index is 1080. The van der Waals surface area contributed by atoms with E-state index in [1.54, 1.807) is 30.3 Å². The first-order chi connectivity index (χ1) is 16.1. The van der Waals surface area contributed by atoms with E-state index >= 15 is 0 Å². The summed E-state index contributed by atoms with van der Waals surface area (Å²) >= 11 is 0. The number of para-hydroxylation sites is 1. The number of hydrogen-bond donors (Lipinski definition) is 3. The van der Waals surface area contributed by atoms with Crippen LogP contribution in [0.15, 0.2) is 54.1 Å². The molecule has 0 saturated carbocycles. The number of fused-ring (bicyclic) bond motifs is 1. The fourth-order valence-electron chi connectivity index (χ4n) is 3.85. The second kappa shape index (κ2) is 10.7. The van der Waals surface area contributed by atoms with Gasteiger partial charge in [-0.3, -0.25) is 14.4 Å². The second-order valence-electron chi connectivity index (χ2n) is 7.98. The van der Waals surface area contributed by atoms with E-state index in [0.717, 1.165) is 24.8 Å². The maximum Gasteiger partial charge on any atom is 0.313 e. The van der Waals surface area contributed by atoms with E-state index < -0.39 is 11.8 Å². The molecule has 8 heteroatoms. The van der Waals surface area contributed by atoms with Crippen LogP contribution in [0, 0.1) is 0 Å². The van der Waals surface area contributed by atoms with E-state index in [1.165, 1.54) is 18.4 Å². The Balaban J connectivity index is 1.30. The number of allylic oxidation sites excluding steroid dienone is 1. The number of carbonyl (C=O) groups excluding carboxylic acids is 3. The van der Waals surface area contributed by atoms with Crippen LogP contribution in [0.4, 0.5) is 5.69 Å². The summed E-state index contributed by atoms with van der Waals surface area (Å²) in [4.78, 5) is 37.3. The first kappa shape index (κ1) is 22.4. The smallest absolute Gasteiger partial charge is 0.313 e. The van der Waals surface area contributed by atoms with Gasteiger partial charge in [0.05, 0.1) is 11.3 Å². The van der Waals surface area contributed by atoms with E-state index in [-0.39, 0.29) is 30.5 Å². The summed E-state index contributed by atoms with van der Waals surface area (Å²) in [6.45, 7) is 0.869. The van der Waals surface area contributed by atoms with Crippen molar-refractivity contribution in [2.75, 3.05) is 18.7 Å². The molecule has 4 rings (SSSR count). The Morgan fingerprint density at radius 1 is 0.909 bits per heavy atom. The molecule has 33 heavy (non-hydrogen) atoms. The summed E-state index contributed by atoms with van der Waals surface area (Å²) in [6.07, 6.45) is 7.48. The van der Waals surface area contributed by atoms with Crippen molar-refractivity contribution in [2.24, 2.45) is 0 Å². The average molecular weight is 450 g/mol. The van der Waals surface area contributed by atoms with Crippen LogP contribution in [0.1, 0.15) is 48.0 Å². The molecule has 1 heterocycles. The Morgan fingerprint density at radius 3 is 2.61 bits per heavy atom. The fraction of sp³-hybridized carbons (Fsp3) is 0.320. The van der Waals surface area contributed by atoms with Gasteiger partial charge in [-0.2, -0.15) is 0 Å². The molecule has 0 spiro atoms. The first-order valence-electron chi connectivity index (χ1n) is 11.1. The third kappa shape index (κ3) is 5.91. The minimum absolute atomic E-state index is 0.184. The molecule has 172 valence electrons. The van der Waals surface area contributed by atoms with Crippen molar-refractivity contribution in [2.45, 2.75) is 38.6 Å². The summed E-state index contributed by atoms with van der Waals surface area (Å²) in [5.41, 5.74) is 2.72. The van der Waals surface area contributed by atoms with Gasteiger partial charge in [0.25, 0.3) is 5.91 Å². The summed E-state index contributed by atoms with van der Waals surface area (Å²) in [5.74, 6) is -0.578. The monoisotopic (exact) mass is 449 g/mol. The highest BCUT2D eigenvalue weighted by molar-refractivity contribution is 6.40. The lowest BCUT2D eigenvalue weighted by atomic mass is 9.97. The lowest BCUT2D eigenvalue weighted by Gasteiger charge is -2.13. The van der Waals surface area contributed by atoms with Crippen LogP contribution < -0.4 is 25.4 Å². The second-order valence-corrected chi connectivity index (χ2v) is 7.98. The van der Waals surface area contributed by atoms with E-state index in [2.05, 4.69) is 22.0 Å². The minimum atomic E-state index is -0.802. The average Bonchev–Trinajstić information content (AvgIpc) is 3.31. The first-order valence-corrected chi connectivity index (χ1v) is 11.1. The van der Waals surface area contributed by atoms with E-state index in [4.69, 9.17) is 9.47 Å². The molecule has 0 unspecified atom stereocenters. The van der Waals surface area contributed by atoms with Gasteiger partial charge in [-0.15, -0.1) is 0 Å². The Kier molecular flexibility index (Phi) is 7.24. The Morgan fingerprint density at radius 2 is 1.76 bits per heavy atom. The molecule has 3 N–H and O–H groups in total. The molecular formula is C25H27N3O5. The number of rotatable bonds is 7. The molecule has 3 amide bonds. The molecule has 0 atom stereocenters. The third-order valence-electron chi connectivity index (χ3n) is 5.63. The number of anilines is 1. The van der Waals surface area contributed by atoms with Gasteiger partial charge in [0.15, 0.2) is 11.5 Å². The van der Waals surface area contributed by atoms with Crippen molar-refractivity contribution in [3.8, 4) is 11.5 Å². The predicted molar refractivity (Wildman–Crippen MR) is 123 cm³/mol. The van der Waals surface area contributed by atoms with Crippen molar-refractivity contribution in [1.29, 1.82) is 0 Å². The van der Waals surface area contributed by atoms with Gasteiger partial charge in [-0.25, -0.2) is 0 Å². The Labute approximate surface area is 192 Å². The SMILES string of the molecule is O=C(NCCC1=CCCCC1)C(=O)Nc1ccccc1C(=O)NCc1ccc2c(c1)OCO2. The highest BCUT2D eigenvalue weighted by atomic mass is 16.7. The van der Waals surface area contributed by atoms with Crippen LogP contribution in [0.25, 0.3) is 0 Å². The quantitative estimate of drug-likeness (QED) is 0.444. The molecule has 0 saturated heterocycles. The fourth-order valence-corrected chi connectivity index (χ4v) is 3.85. The summed E-state index contributed by atoms with van der Waals surface area (Å²) in [6, 6.07) is 12.0. The van der Waals surface area contributed by atoms with Crippen LogP contribution in [0.2, 0.25) is 0 Å². The lowest BCUT2D eigenvalue weighted by Crippen LogP contribution is -2.36. The molecule has 0 bridgehead atoms. The van der Waals surface area contributed by atoms with Gasteiger partial charge in [0, 0.05) is 13.1 Å². The molecule has 0 radical (unpaired) electrons. The lowest BCUT2D eigenvalue weighted by molar-refractivity contribution is -0.136. The van der Waals surface area contributed by atoms with Crippen molar-refractivity contribution < 1.29 is 23.9 Å². The van der Waals surface area contributed by atoms with Crippen molar-refractivity contribution >= 4 is 23.4 Å². The number of hydrogen-bond acceptors (Lipinski definition) is 5. The summed E-state index contributed by atoms with van der Waals surface area (Å²) < 4.78 is 10.6. The zero-order valence-corrected chi connectivity index (χ0v) is 18.3. The highest BCUT2D eigenvalue weighted by Crippen LogP contribution is 2.32. The molecule has 1 aliphatic carbocycles. The normalized spacial score (nSPS) is 14.2. The summed E-state index contributed by atoms with van der Waals surface area (Å²) in [5, 5.41) is 8.03. The van der Waals surface area contributed by atoms with Crippen LogP contribution in [-0.2, 0) is 16.1 Å². The van der Waals surface area contributed by atoms with Crippen LogP contribution in [0.3, 0.4) is 0 Å². The molecular weight excluding hydrogens is 422 g/mol. The number of nitrogens with one attached hydrogen (secondary N) is 3. The van der Waals surface area contributed by atoms with Crippen molar-refractivity contribution in [3.05, 3.63) is 65.2 Å². The van der Waals surface area contributed by atoms with Crippen LogP contribution >= 0.6 is 0 Å². The van der Waals surface area contributed by atoms with Crippen molar-refractivity contribution in [1.82, 2.24) is 10.6 Å². The number of benzene rings is 2. The molecule has 2 aromatic rings. The van der Waals surface area contributed by atoms with E-state index in [0.29, 0.717) is 18.0 Å². The molecule has 8 nitrogen and oxygen atoms in total.